The normalized spacial score (nSPS) is 14.6. The minimum Gasteiger partial charge on any atom is -0.382 e. The minimum atomic E-state index is -0.792. The summed E-state index contributed by atoms with van der Waals surface area (Å²) in [6.45, 7) is 3.56. The van der Waals surface area contributed by atoms with E-state index in [4.69, 9.17) is 18.9 Å². The molecule has 4 amide bonds. The lowest BCUT2D eigenvalue weighted by Crippen LogP contribution is -2.53. The molecule has 1 aliphatic heterocycles. The summed E-state index contributed by atoms with van der Waals surface area (Å²) in [4.78, 5) is 71.3. The number of benzene rings is 1. The van der Waals surface area contributed by atoms with Crippen LogP contribution in [0.3, 0.4) is 0 Å². The molecule has 2 rings (SSSR count). The van der Waals surface area contributed by atoms with E-state index in [0.717, 1.165) is 6.29 Å². The fraction of sp³-hybridized carbons (Fsp3) is 0.571. The highest BCUT2D eigenvalue weighted by Gasteiger charge is 2.33. The number of carbonyl (C=O) groups is 6. The Hall–Kier alpha value is -3.72. The van der Waals surface area contributed by atoms with Crippen LogP contribution >= 0.6 is 0 Å². The monoisotopic (exact) mass is 592 g/mol. The van der Waals surface area contributed by atoms with Gasteiger partial charge < -0.3 is 39.3 Å². The van der Waals surface area contributed by atoms with Crippen LogP contribution in [0.5, 0.6) is 0 Å². The van der Waals surface area contributed by atoms with E-state index in [1.807, 2.05) is 0 Å². The van der Waals surface area contributed by atoms with Crippen LogP contribution in [0.2, 0.25) is 0 Å². The number of likely N-dealkylation sites (N-methyl/N-ethyl adjacent to an activating group) is 1. The van der Waals surface area contributed by atoms with Gasteiger partial charge in [0.15, 0.2) is 6.29 Å². The Morgan fingerprint density at radius 1 is 0.952 bits per heavy atom. The second kappa shape index (κ2) is 20.2. The van der Waals surface area contributed by atoms with Gasteiger partial charge in [0.1, 0.15) is 12.3 Å². The van der Waals surface area contributed by atoms with Crippen molar-refractivity contribution in [1.82, 2.24) is 15.5 Å². The molecule has 42 heavy (non-hydrogen) atoms. The van der Waals surface area contributed by atoms with Gasteiger partial charge in [-0.1, -0.05) is 6.07 Å². The summed E-state index contributed by atoms with van der Waals surface area (Å²) in [5.74, 6) is -1.56. The van der Waals surface area contributed by atoms with Crippen molar-refractivity contribution < 1.29 is 47.7 Å². The van der Waals surface area contributed by atoms with E-state index in [9.17, 15) is 28.8 Å². The summed E-state index contributed by atoms with van der Waals surface area (Å²) in [6.07, 6.45) is 2.23. The van der Waals surface area contributed by atoms with E-state index in [2.05, 4.69) is 16.0 Å². The number of carbonyl (C=O) groups excluding carboxylic acids is 6. The van der Waals surface area contributed by atoms with Gasteiger partial charge >= 0.3 is 0 Å². The predicted molar refractivity (Wildman–Crippen MR) is 150 cm³/mol. The van der Waals surface area contributed by atoms with Gasteiger partial charge in [-0.15, -0.1) is 0 Å². The Balaban J connectivity index is 1.55. The maximum Gasteiger partial charge on any atom is 0.255 e. The largest absolute Gasteiger partial charge is 0.382 e. The van der Waals surface area contributed by atoms with E-state index < -0.39 is 17.9 Å². The smallest absolute Gasteiger partial charge is 0.255 e. The molecule has 1 fully saturated rings. The Morgan fingerprint density at radius 2 is 1.60 bits per heavy atom. The highest BCUT2D eigenvalue weighted by Crippen LogP contribution is 2.21. The molecule has 1 aromatic rings. The van der Waals surface area contributed by atoms with E-state index in [1.54, 1.807) is 12.1 Å². The molecule has 0 bridgehead atoms. The third-order valence-corrected chi connectivity index (χ3v) is 6.19. The first-order valence-electron chi connectivity index (χ1n) is 13.8. The molecule has 0 aliphatic carbocycles. The van der Waals surface area contributed by atoms with E-state index in [-0.39, 0.29) is 48.8 Å². The molecule has 1 atom stereocenters. The Bertz CT molecular complexity index is 1050. The molecule has 1 unspecified atom stereocenters. The van der Waals surface area contributed by atoms with Gasteiger partial charge in [0.05, 0.1) is 64.0 Å². The molecule has 0 spiro atoms. The number of hydrogen-bond donors (Lipinski definition) is 3. The molecular formula is C28H40N4O10. The summed E-state index contributed by atoms with van der Waals surface area (Å²) in [5, 5.41) is 7.93. The number of nitrogens with zero attached hydrogens (tertiary/aromatic N) is 1. The van der Waals surface area contributed by atoms with E-state index in [0.29, 0.717) is 77.7 Å². The molecule has 3 N–H and O–H groups in total. The molecule has 14 heteroatoms. The van der Waals surface area contributed by atoms with Crippen molar-refractivity contribution in [2.45, 2.75) is 31.7 Å². The van der Waals surface area contributed by atoms with E-state index >= 15 is 0 Å². The second-order valence-electron chi connectivity index (χ2n) is 9.20. The molecular weight excluding hydrogens is 552 g/mol. The van der Waals surface area contributed by atoms with Crippen LogP contribution in [-0.2, 0) is 38.1 Å². The average Bonchev–Trinajstić information content (AvgIpc) is 2.98. The number of piperidine rings is 1. The summed E-state index contributed by atoms with van der Waals surface area (Å²) < 4.78 is 21.7. The van der Waals surface area contributed by atoms with Crippen LogP contribution in [0.4, 0.5) is 5.69 Å². The van der Waals surface area contributed by atoms with Gasteiger partial charge in [0.2, 0.25) is 17.7 Å². The Kier molecular flexibility index (Phi) is 16.6. The molecule has 232 valence electrons. The average molecular weight is 593 g/mol. The Labute approximate surface area is 244 Å². The van der Waals surface area contributed by atoms with Crippen molar-refractivity contribution >= 4 is 41.9 Å². The van der Waals surface area contributed by atoms with Crippen LogP contribution in [-0.4, -0.2) is 120 Å². The van der Waals surface area contributed by atoms with Crippen molar-refractivity contribution in [3.05, 3.63) is 29.3 Å². The number of hydrogen-bond acceptors (Lipinski definition) is 11. The number of rotatable bonds is 22. The first-order chi connectivity index (χ1) is 20.4. The molecule has 1 saturated heterocycles. The molecule has 0 aromatic heterocycles. The molecule has 0 saturated carbocycles. The zero-order valence-electron chi connectivity index (χ0n) is 23.9. The molecule has 0 radical (unpaired) electrons. The topological polar surface area (TPSA) is 179 Å². The number of nitrogens with one attached hydrogen (secondary N) is 3. The predicted octanol–water partition coefficient (Wildman–Crippen LogP) is -0.0501. The lowest BCUT2D eigenvalue weighted by Gasteiger charge is -2.30. The molecule has 1 heterocycles. The van der Waals surface area contributed by atoms with Gasteiger partial charge in [0, 0.05) is 45.1 Å². The zero-order chi connectivity index (χ0) is 30.6. The van der Waals surface area contributed by atoms with Crippen molar-refractivity contribution in [1.29, 1.82) is 0 Å². The summed E-state index contributed by atoms with van der Waals surface area (Å²) >= 11 is 0. The fourth-order valence-electron chi connectivity index (χ4n) is 3.96. The second-order valence-corrected chi connectivity index (χ2v) is 9.20. The number of aldehydes is 2. The highest BCUT2D eigenvalue weighted by atomic mass is 16.6. The van der Waals surface area contributed by atoms with Gasteiger partial charge in [-0.05, 0) is 18.6 Å². The first kappa shape index (κ1) is 34.5. The Morgan fingerprint density at radius 3 is 2.21 bits per heavy atom. The van der Waals surface area contributed by atoms with Crippen molar-refractivity contribution in [3.8, 4) is 0 Å². The SMILES string of the molecule is CN(C(=O)c1cccc(NCCOCCOCCOCCOCCC(=O)NCCC=O)c1C=O)C1CCC(=O)NC1=O. The van der Waals surface area contributed by atoms with Gasteiger partial charge in [-0.25, -0.2) is 0 Å². The van der Waals surface area contributed by atoms with Crippen molar-refractivity contribution in [2.75, 3.05) is 78.3 Å². The number of anilines is 1. The van der Waals surface area contributed by atoms with Crippen LogP contribution < -0.4 is 16.0 Å². The standard InChI is InChI=1S/C28H40N4O10/c1-32(24-6-7-26(36)31-27(24)37)28(38)21-4-2-5-23(22(21)20-34)29-10-13-40-15-17-42-19-18-41-16-14-39-12-8-25(35)30-9-3-11-33/h2,4-5,11,20,24,29H,3,6-10,12-19H2,1H3,(H,30,35)(H,31,36,37). The summed E-state index contributed by atoms with van der Waals surface area (Å²) in [5.41, 5.74) is 0.790. The van der Waals surface area contributed by atoms with Crippen molar-refractivity contribution in [2.24, 2.45) is 0 Å². The third-order valence-electron chi connectivity index (χ3n) is 6.19. The third kappa shape index (κ3) is 12.4. The summed E-state index contributed by atoms with van der Waals surface area (Å²) in [6, 6.07) is 4.04. The zero-order valence-corrected chi connectivity index (χ0v) is 23.9. The highest BCUT2D eigenvalue weighted by molar-refractivity contribution is 6.07. The van der Waals surface area contributed by atoms with E-state index in [1.165, 1.54) is 18.0 Å². The molecule has 14 nitrogen and oxygen atoms in total. The van der Waals surface area contributed by atoms with Crippen LogP contribution in [0.25, 0.3) is 0 Å². The molecule has 1 aliphatic rings. The number of ether oxygens (including phenoxy) is 4. The maximum absolute atomic E-state index is 13.1. The number of amides is 4. The quantitative estimate of drug-likeness (QED) is 0.0934. The molecule has 1 aromatic carbocycles. The minimum absolute atomic E-state index is 0.139. The first-order valence-corrected chi connectivity index (χ1v) is 13.8. The van der Waals surface area contributed by atoms with Crippen LogP contribution in [0.15, 0.2) is 18.2 Å². The summed E-state index contributed by atoms with van der Waals surface area (Å²) in [7, 11) is 1.47. The van der Waals surface area contributed by atoms with Gasteiger partial charge in [0.25, 0.3) is 5.91 Å². The lowest BCUT2D eigenvalue weighted by atomic mass is 10.0. The number of imide groups is 1. The van der Waals surface area contributed by atoms with Crippen LogP contribution in [0.1, 0.15) is 46.4 Å². The van der Waals surface area contributed by atoms with Gasteiger partial charge in [-0.3, -0.25) is 29.3 Å². The maximum atomic E-state index is 13.1. The fourth-order valence-corrected chi connectivity index (χ4v) is 3.96. The van der Waals surface area contributed by atoms with Gasteiger partial charge in [-0.2, -0.15) is 0 Å². The van der Waals surface area contributed by atoms with Crippen LogP contribution in [0, 0.1) is 0 Å². The van der Waals surface area contributed by atoms with Crippen molar-refractivity contribution in [3.63, 3.8) is 0 Å². The lowest BCUT2D eigenvalue weighted by molar-refractivity contribution is -0.136.